The van der Waals surface area contributed by atoms with Gasteiger partial charge in [0.1, 0.15) is 48.8 Å². The van der Waals surface area contributed by atoms with Crippen LogP contribution in [0.3, 0.4) is 0 Å². The van der Waals surface area contributed by atoms with Crippen molar-refractivity contribution in [3.63, 3.8) is 0 Å². The summed E-state index contributed by atoms with van der Waals surface area (Å²) in [7, 11) is 0. The Hall–Kier alpha value is -1.27. The Kier molecular flexibility index (Phi) is 40.7. The first kappa shape index (κ1) is 65.8. The van der Waals surface area contributed by atoms with Crippen molar-refractivity contribution in [2.24, 2.45) is 0 Å². The number of aliphatic hydroxyl groups excluding tert-OH is 8. The van der Waals surface area contributed by atoms with Crippen LogP contribution < -0.4 is 5.32 Å². The molecule has 12 unspecified atom stereocenters. The number of amides is 1. The molecular weight excluding hydrogens is 907 g/mol. The van der Waals surface area contributed by atoms with Crippen molar-refractivity contribution in [2.75, 3.05) is 19.8 Å². The third-order valence-corrected chi connectivity index (χ3v) is 14.7. The van der Waals surface area contributed by atoms with Crippen LogP contribution >= 0.6 is 0 Å². The van der Waals surface area contributed by atoms with Gasteiger partial charge in [-0.15, -0.1) is 0 Å². The first-order valence-electron chi connectivity index (χ1n) is 29.4. The monoisotopic (exact) mass is 1020 g/mol. The fourth-order valence-electron chi connectivity index (χ4n) is 9.94. The van der Waals surface area contributed by atoms with Crippen LogP contribution in [0, 0.1) is 0 Å². The Morgan fingerprint density at radius 3 is 1.34 bits per heavy atom. The molecule has 2 rings (SSSR count). The van der Waals surface area contributed by atoms with E-state index in [4.69, 9.17) is 18.9 Å². The van der Waals surface area contributed by atoms with Crippen molar-refractivity contribution in [1.29, 1.82) is 0 Å². The molecule has 2 aliphatic heterocycles. The molecule has 0 radical (unpaired) electrons. The normalized spacial score (nSPS) is 25.8. The molecule has 0 aliphatic carbocycles. The number of carbonyl (C=O) groups is 1. The summed E-state index contributed by atoms with van der Waals surface area (Å²) in [5.41, 5.74) is 0. The topological polar surface area (TPSA) is 228 Å². The third kappa shape index (κ3) is 30.2. The minimum Gasteiger partial charge on any atom is -0.394 e. The van der Waals surface area contributed by atoms with Crippen molar-refractivity contribution < 1.29 is 64.6 Å². The van der Waals surface area contributed by atoms with E-state index >= 15 is 0 Å². The zero-order chi connectivity index (χ0) is 51.7. The Bertz CT molecular complexity index is 1240. The first-order valence-corrected chi connectivity index (χ1v) is 29.4. The fourth-order valence-corrected chi connectivity index (χ4v) is 9.94. The van der Waals surface area contributed by atoms with E-state index in [9.17, 15) is 45.6 Å². The molecule has 14 nitrogen and oxygen atoms in total. The molecule has 0 bridgehead atoms. The van der Waals surface area contributed by atoms with Gasteiger partial charge in [0.2, 0.25) is 5.91 Å². The number of unbranched alkanes of at least 4 members (excludes halogenated alkanes) is 32. The summed E-state index contributed by atoms with van der Waals surface area (Å²) < 4.78 is 22.8. The van der Waals surface area contributed by atoms with E-state index in [1.54, 1.807) is 0 Å². The Morgan fingerprint density at radius 1 is 0.493 bits per heavy atom. The van der Waals surface area contributed by atoms with Gasteiger partial charge in [-0.3, -0.25) is 4.79 Å². The highest BCUT2D eigenvalue weighted by Gasteiger charge is 2.51. The lowest BCUT2D eigenvalue weighted by atomic mass is 9.97. The SMILES string of the molecule is CCCCCCC/C=C\CCCCCCCC(=O)NC(COC1OC(CO)C(OC2OC(CO)C(O)C(O)C2O)C(O)C1O)C(O)CCCCCCCCCCCCCCCCCCCCCCCCC. The molecule has 9 N–H and O–H groups in total. The molecule has 71 heavy (non-hydrogen) atoms. The lowest BCUT2D eigenvalue weighted by molar-refractivity contribution is -0.359. The lowest BCUT2D eigenvalue weighted by Gasteiger charge is -2.46. The van der Waals surface area contributed by atoms with E-state index in [1.807, 2.05) is 0 Å². The number of rotatable bonds is 47. The zero-order valence-electron chi connectivity index (χ0n) is 45.0. The summed E-state index contributed by atoms with van der Waals surface area (Å²) in [4.78, 5) is 13.2. The number of hydrogen-bond acceptors (Lipinski definition) is 13. The van der Waals surface area contributed by atoms with Crippen LogP contribution in [-0.2, 0) is 23.7 Å². The molecule has 12 atom stereocenters. The van der Waals surface area contributed by atoms with E-state index in [1.165, 1.54) is 154 Å². The maximum absolute atomic E-state index is 13.2. The average molecular weight is 1020 g/mol. The van der Waals surface area contributed by atoms with E-state index in [2.05, 4.69) is 31.3 Å². The summed E-state index contributed by atoms with van der Waals surface area (Å²) in [6.07, 6.45) is 32.1. The van der Waals surface area contributed by atoms with Crippen LogP contribution in [0.4, 0.5) is 0 Å². The van der Waals surface area contributed by atoms with E-state index in [0.717, 1.165) is 64.2 Å². The van der Waals surface area contributed by atoms with Gasteiger partial charge in [-0.05, 0) is 38.5 Å². The molecule has 420 valence electrons. The molecule has 2 heterocycles. The molecule has 0 aromatic rings. The molecule has 2 saturated heterocycles. The van der Waals surface area contributed by atoms with Gasteiger partial charge in [0.15, 0.2) is 12.6 Å². The maximum atomic E-state index is 13.2. The van der Waals surface area contributed by atoms with Crippen LogP contribution in [0.1, 0.15) is 251 Å². The molecule has 0 saturated carbocycles. The van der Waals surface area contributed by atoms with Crippen molar-refractivity contribution >= 4 is 5.91 Å². The number of allylic oxidation sites excluding steroid dienone is 2. The number of aliphatic hydroxyl groups is 8. The van der Waals surface area contributed by atoms with Crippen molar-refractivity contribution in [3.8, 4) is 0 Å². The van der Waals surface area contributed by atoms with Crippen LogP contribution in [-0.4, -0.2) is 140 Å². The second-order valence-corrected chi connectivity index (χ2v) is 21.1. The molecule has 0 aromatic heterocycles. The molecule has 0 aromatic carbocycles. The van der Waals surface area contributed by atoms with E-state index in [0.29, 0.717) is 19.3 Å². The maximum Gasteiger partial charge on any atom is 0.220 e. The van der Waals surface area contributed by atoms with E-state index in [-0.39, 0.29) is 12.5 Å². The average Bonchev–Trinajstić information content (AvgIpc) is 3.37. The summed E-state index contributed by atoms with van der Waals surface area (Å²) in [6.45, 7) is 2.87. The molecule has 2 fully saturated rings. The largest absolute Gasteiger partial charge is 0.394 e. The predicted molar refractivity (Wildman–Crippen MR) is 282 cm³/mol. The highest BCUT2D eigenvalue weighted by Crippen LogP contribution is 2.30. The Morgan fingerprint density at radius 2 is 0.887 bits per heavy atom. The van der Waals surface area contributed by atoms with Crippen molar-refractivity contribution in [3.05, 3.63) is 12.2 Å². The molecule has 1 amide bonds. The van der Waals surface area contributed by atoms with Crippen LogP contribution in [0.25, 0.3) is 0 Å². The van der Waals surface area contributed by atoms with Crippen molar-refractivity contribution in [1.82, 2.24) is 5.32 Å². The zero-order valence-corrected chi connectivity index (χ0v) is 45.0. The van der Waals surface area contributed by atoms with Gasteiger partial charge in [0.25, 0.3) is 0 Å². The van der Waals surface area contributed by atoms with Gasteiger partial charge in [0.05, 0.1) is 32.0 Å². The summed E-state index contributed by atoms with van der Waals surface area (Å²) >= 11 is 0. The van der Waals surface area contributed by atoms with Gasteiger partial charge in [-0.2, -0.15) is 0 Å². The molecule has 2 aliphatic rings. The highest BCUT2D eigenvalue weighted by molar-refractivity contribution is 5.76. The second kappa shape index (κ2) is 43.9. The van der Waals surface area contributed by atoms with Gasteiger partial charge in [-0.1, -0.05) is 219 Å². The molecular formula is C57H109NO13. The van der Waals surface area contributed by atoms with Crippen LogP contribution in [0.5, 0.6) is 0 Å². The Balaban J connectivity index is 1.74. The lowest BCUT2D eigenvalue weighted by Crippen LogP contribution is -2.65. The predicted octanol–water partition coefficient (Wildman–Crippen LogP) is 9.50. The Labute approximate surface area is 431 Å². The number of nitrogens with one attached hydrogen (secondary N) is 1. The molecule has 14 heteroatoms. The van der Waals surface area contributed by atoms with Crippen LogP contribution in [0.2, 0.25) is 0 Å². The smallest absolute Gasteiger partial charge is 0.220 e. The standard InChI is InChI=1S/C57H109NO13/c1-3-5-7-9-11-13-15-17-19-20-21-22-23-24-25-26-27-28-30-32-34-36-38-40-46(61)45(58-49(62)41-39-37-35-33-31-29-18-16-14-12-10-8-6-4-2)44-68-56-54(67)52(65)55(48(43-60)70-56)71-57-53(66)51(64)50(63)47(42-59)69-57/h16,18,45-48,50-57,59-61,63-67H,3-15,17,19-44H2,1-2H3,(H,58,62)/b18-16-. The quantitative estimate of drug-likeness (QED) is 0.0205. The van der Waals surface area contributed by atoms with Crippen LogP contribution in [0.15, 0.2) is 12.2 Å². The van der Waals surface area contributed by atoms with Crippen molar-refractivity contribution in [2.45, 2.75) is 325 Å². The number of hydrogen-bond donors (Lipinski definition) is 9. The minimum absolute atomic E-state index is 0.213. The summed E-state index contributed by atoms with van der Waals surface area (Å²) in [5.74, 6) is -0.213. The van der Waals surface area contributed by atoms with E-state index < -0.39 is 86.8 Å². The second-order valence-electron chi connectivity index (χ2n) is 21.1. The number of carbonyl (C=O) groups excluding carboxylic acids is 1. The fraction of sp³-hybridized carbons (Fsp3) is 0.947. The molecule has 0 spiro atoms. The van der Waals surface area contributed by atoms with Gasteiger partial charge >= 0.3 is 0 Å². The van der Waals surface area contributed by atoms with Gasteiger partial charge < -0.3 is 65.1 Å². The first-order chi connectivity index (χ1) is 34.6. The highest BCUT2D eigenvalue weighted by atomic mass is 16.7. The number of ether oxygens (including phenoxy) is 4. The summed E-state index contributed by atoms with van der Waals surface area (Å²) in [6, 6.07) is -0.829. The minimum atomic E-state index is -1.78. The summed E-state index contributed by atoms with van der Waals surface area (Å²) in [5, 5.41) is 87.2. The van der Waals surface area contributed by atoms with Gasteiger partial charge in [-0.25, -0.2) is 0 Å². The van der Waals surface area contributed by atoms with Gasteiger partial charge in [0, 0.05) is 6.42 Å². The third-order valence-electron chi connectivity index (χ3n) is 14.7.